The molecule has 0 atom stereocenters. The van der Waals surface area contributed by atoms with Crippen LogP contribution in [0.4, 0.5) is 36.7 Å². The summed E-state index contributed by atoms with van der Waals surface area (Å²) in [6.07, 6.45) is 4.71. The van der Waals surface area contributed by atoms with Crippen LogP contribution in [0.5, 0.6) is 5.75 Å². The third-order valence-electron chi connectivity index (χ3n) is 9.26. The Balaban J connectivity index is 1.21. The van der Waals surface area contributed by atoms with E-state index in [2.05, 4.69) is 20.7 Å². The number of carbonyl (C=O) groups excluding carboxylic acids is 3. The molecule has 1 aromatic heterocycles. The van der Waals surface area contributed by atoms with Gasteiger partial charge in [-0.1, -0.05) is 0 Å². The summed E-state index contributed by atoms with van der Waals surface area (Å²) in [7, 11) is 2.75. The Morgan fingerprint density at radius 3 is 2.29 bits per heavy atom. The Morgan fingerprint density at radius 2 is 1.69 bits per heavy atom. The molecule has 4 heterocycles. The number of nitrogens with zero attached hydrogens (tertiary/aromatic N) is 6. The number of hydrazine groups is 1. The van der Waals surface area contributed by atoms with Crippen LogP contribution in [-0.4, -0.2) is 102 Å². The van der Waals surface area contributed by atoms with Gasteiger partial charge in [0.2, 0.25) is 5.95 Å². The molecule has 0 saturated carbocycles. The first-order valence-corrected chi connectivity index (χ1v) is 16.3. The molecule has 2 saturated heterocycles. The number of anilines is 4. The van der Waals surface area contributed by atoms with Gasteiger partial charge in [-0.15, -0.1) is 0 Å². The molecular formula is C33H46F2N8O5. The summed E-state index contributed by atoms with van der Waals surface area (Å²) in [5.41, 5.74) is 3.66. The molecule has 0 bridgehead atoms. The maximum atomic E-state index is 14.7. The molecule has 2 aromatic rings. The van der Waals surface area contributed by atoms with Gasteiger partial charge in [0.15, 0.2) is 5.82 Å². The van der Waals surface area contributed by atoms with Crippen LogP contribution in [-0.2, 0) is 9.53 Å². The van der Waals surface area contributed by atoms with E-state index in [9.17, 15) is 23.2 Å². The third-order valence-corrected chi connectivity index (χ3v) is 9.26. The molecule has 15 heteroatoms. The molecule has 0 aliphatic carbocycles. The van der Waals surface area contributed by atoms with Crippen LogP contribution in [0.3, 0.4) is 0 Å². The van der Waals surface area contributed by atoms with Crippen LogP contribution in [0, 0.1) is 5.41 Å². The lowest BCUT2D eigenvalue weighted by atomic mass is 9.71. The highest BCUT2D eigenvalue weighted by Crippen LogP contribution is 2.41. The monoisotopic (exact) mass is 672 g/mol. The predicted octanol–water partition coefficient (Wildman–Crippen LogP) is 4.81. The molecule has 2 fully saturated rings. The molecule has 1 spiro atoms. The van der Waals surface area contributed by atoms with Gasteiger partial charge in [-0.05, 0) is 83.9 Å². The van der Waals surface area contributed by atoms with Gasteiger partial charge in [-0.2, -0.15) is 13.8 Å². The van der Waals surface area contributed by atoms with Gasteiger partial charge in [0, 0.05) is 44.8 Å². The molecule has 1 aromatic carbocycles. The zero-order chi connectivity index (χ0) is 35.0. The molecule has 0 unspecified atom stereocenters. The number of hydrogen-bond acceptors (Lipinski definition) is 10. The lowest BCUT2D eigenvalue weighted by molar-refractivity contribution is -0.140. The average molecular weight is 673 g/mol. The van der Waals surface area contributed by atoms with E-state index < -0.39 is 24.0 Å². The minimum Gasteiger partial charge on any atom is -0.495 e. The van der Waals surface area contributed by atoms with Crippen molar-refractivity contribution in [3.05, 3.63) is 30.0 Å². The maximum Gasteiger partial charge on any atom is 0.410 e. The molecule has 0 radical (unpaired) electrons. The molecule has 3 amide bonds. The number of carbonyl (C=O) groups is 3. The molecule has 5 rings (SSSR count). The fraction of sp³-hybridized carbons (Fsp3) is 0.606. The SMILES string of the molecule is COc1cc(C(=O)NN2CCC3(CC2)CCN(C(=O)OC(C)(C)C)CC3)ccc1Nc1ncc2c(n1)N(C(C)C)CC(F)(F)C(=O)N2C. The second-order valence-electron chi connectivity index (χ2n) is 14.1. The number of fused-ring (bicyclic) bond motifs is 1. The topological polar surface area (TPSA) is 132 Å². The van der Waals surface area contributed by atoms with E-state index >= 15 is 0 Å². The zero-order valence-electron chi connectivity index (χ0n) is 28.7. The lowest BCUT2D eigenvalue weighted by Gasteiger charge is -2.46. The highest BCUT2D eigenvalue weighted by molar-refractivity contribution is 6.02. The van der Waals surface area contributed by atoms with E-state index in [4.69, 9.17) is 9.47 Å². The Bertz CT molecular complexity index is 1530. The number of ether oxygens (including phenoxy) is 2. The Morgan fingerprint density at radius 1 is 1.04 bits per heavy atom. The number of benzene rings is 1. The van der Waals surface area contributed by atoms with Crippen LogP contribution in [0.15, 0.2) is 24.4 Å². The Kier molecular flexibility index (Phi) is 9.73. The number of halogens is 2. The van der Waals surface area contributed by atoms with Gasteiger partial charge in [-0.3, -0.25) is 15.0 Å². The van der Waals surface area contributed by atoms with Crippen molar-refractivity contribution in [3.8, 4) is 5.75 Å². The quantitative estimate of drug-likeness (QED) is 0.441. The second kappa shape index (κ2) is 13.3. The summed E-state index contributed by atoms with van der Waals surface area (Å²) >= 11 is 0. The fourth-order valence-corrected chi connectivity index (χ4v) is 6.36. The van der Waals surface area contributed by atoms with E-state index in [0.717, 1.165) is 30.6 Å². The van der Waals surface area contributed by atoms with E-state index in [1.165, 1.54) is 25.3 Å². The van der Waals surface area contributed by atoms with Crippen molar-refractivity contribution in [2.75, 3.05) is 62.0 Å². The normalized spacial score (nSPS) is 19.5. The van der Waals surface area contributed by atoms with Crippen molar-refractivity contribution in [2.45, 2.75) is 77.9 Å². The Labute approximate surface area is 279 Å². The lowest BCUT2D eigenvalue weighted by Crippen LogP contribution is -2.52. The number of aromatic nitrogens is 2. The standard InChI is InChI=1S/C33H46F2N8O5/c1-21(2)43-20-33(34,35)28(45)40(6)24-19-36-29(38-26(24)43)37-23-9-8-22(18-25(23)47-7)27(44)39-42-16-12-32(13-17-42)10-14-41(15-11-32)30(46)48-31(3,4)5/h8-9,18-19,21H,10-17,20H2,1-7H3,(H,39,44)(H,36,37,38). The minimum absolute atomic E-state index is 0.111. The van der Waals surface area contributed by atoms with Crippen molar-refractivity contribution in [1.82, 2.24) is 25.3 Å². The van der Waals surface area contributed by atoms with Crippen molar-refractivity contribution < 1.29 is 32.6 Å². The highest BCUT2D eigenvalue weighted by Gasteiger charge is 2.48. The highest BCUT2D eigenvalue weighted by atomic mass is 19.3. The molecular weight excluding hydrogens is 626 g/mol. The first-order chi connectivity index (χ1) is 22.5. The van der Waals surface area contributed by atoms with Crippen molar-refractivity contribution >= 4 is 41.0 Å². The maximum absolute atomic E-state index is 14.7. The van der Waals surface area contributed by atoms with Crippen LogP contribution in [0.1, 0.15) is 70.7 Å². The summed E-state index contributed by atoms with van der Waals surface area (Å²) in [6.45, 7) is 11.0. The summed E-state index contributed by atoms with van der Waals surface area (Å²) in [5, 5.41) is 4.99. The average Bonchev–Trinajstić information content (AvgIpc) is 3.10. The van der Waals surface area contributed by atoms with Gasteiger partial charge in [-0.25, -0.2) is 14.8 Å². The van der Waals surface area contributed by atoms with Crippen LogP contribution in [0.2, 0.25) is 0 Å². The summed E-state index contributed by atoms with van der Waals surface area (Å²) in [6, 6.07) is 4.55. The summed E-state index contributed by atoms with van der Waals surface area (Å²) < 4.78 is 40.5. The Hall–Kier alpha value is -4.27. The molecule has 3 aliphatic rings. The number of hydrogen-bond donors (Lipinski definition) is 2. The van der Waals surface area contributed by atoms with Gasteiger partial charge >= 0.3 is 12.0 Å². The molecule has 262 valence electrons. The van der Waals surface area contributed by atoms with Crippen molar-refractivity contribution in [3.63, 3.8) is 0 Å². The summed E-state index contributed by atoms with van der Waals surface area (Å²) in [4.78, 5) is 51.0. The van der Waals surface area contributed by atoms with Crippen LogP contribution < -0.4 is 25.3 Å². The molecule has 2 N–H and O–H groups in total. The number of alkyl halides is 2. The largest absolute Gasteiger partial charge is 0.495 e. The third kappa shape index (κ3) is 7.55. The van der Waals surface area contributed by atoms with Crippen molar-refractivity contribution in [2.24, 2.45) is 5.41 Å². The summed E-state index contributed by atoms with van der Waals surface area (Å²) in [5.74, 6) is -4.53. The smallest absolute Gasteiger partial charge is 0.410 e. The van der Waals surface area contributed by atoms with Gasteiger partial charge in [0.25, 0.3) is 11.8 Å². The molecule has 13 nitrogen and oxygen atoms in total. The van der Waals surface area contributed by atoms with Gasteiger partial charge in [0.05, 0.1) is 25.5 Å². The van der Waals surface area contributed by atoms with Crippen molar-refractivity contribution in [1.29, 1.82) is 0 Å². The van der Waals surface area contributed by atoms with E-state index in [1.807, 2.05) is 25.8 Å². The van der Waals surface area contributed by atoms with Crippen LogP contribution >= 0.6 is 0 Å². The molecule has 3 aliphatic heterocycles. The zero-order valence-corrected chi connectivity index (χ0v) is 28.7. The van der Waals surface area contributed by atoms with E-state index in [-0.39, 0.29) is 40.9 Å². The first kappa shape index (κ1) is 35.0. The second-order valence-corrected chi connectivity index (χ2v) is 14.1. The number of methoxy groups -OCH3 is 1. The number of nitrogens with one attached hydrogen (secondary N) is 2. The minimum atomic E-state index is -3.59. The van der Waals surface area contributed by atoms with E-state index in [0.29, 0.717) is 43.2 Å². The number of piperidine rings is 2. The number of amides is 3. The van der Waals surface area contributed by atoms with Gasteiger partial charge in [0.1, 0.15) is 17.0 Å². The number of likely N-dealkylation sites (tertiary alicyclic amines) is 1. The predicted molar refractivity (Wildman–Crippen MR) is 177 cm³/mol. The van der Waals surface area contributed by atoms with Crippen LogP contribution in [0.25, 0.3) is 0 Å². The fourth-order valence-electron chi connectivity index (χ4n) is 6.36. The first-order valence-electron chi connectivity index (χ1n) is 16.3. The van der Waals surface area contributed by atoms with E-state index in [1.54, 1.807) is 36.9 Å². The van der Waals surface area contributed by atoms with Gasteiger partial charge < -0.3 is 29.5 Å². The molecule has 48 heavy (non-hydrogen) atoms. The number of rotatable bonds is 6.